The average Bonchev–Trinajstić information content (AvgIpc) is 2.46. The van der Waals surface area contributed by atoms with Crippen LogP contribution >= 0.6 is 0 Å². The summed E-state index contributed by atoms with van der Waals surface area (Å²) in [4.78, 5) is 29.0. The summed E-state index contributed by atoms with van der Waals surface area (Å²) in [6, 6.07) is 9.45. The second-order valence-corrected chi connectivity index (χ2v) is 4.48. The number of rotatable bonds is 2. The average molecular weight is 255 g/mol. The molecule has 0 spiro atoms. The highest BCUT2D eigenvalue weighted by Gasteiger charge is 2.20. The Morgan fingerprint density at radius 1 is 1.32 bits per heavy atom. The highest BCUT2D eigenvalue weighted by Crippen LogP contribution is 2.22. The van der Waals surface area contributed by atoms with E-state index in [0.717, 1.165) is 17.2 Å². The molecule has 0 unspecified atom stereocenters. The van der Waals surface area contributed by atoms with E-state index in [4.69, 9.17) is 0 Å². The smallest absolute Gasteiger partial charge is 0.239 e. The van der Waals surface area contributed by atoms with Gasteiger partial charge in [0.1, 0.15) is 5.82 Å². The maximum Gasteiger partial charge on any atom is 0.239 e. The van der Waals surface area contributed by atoms with Crippen LogP contribution in [-0.2, 0) is 4.79 Å². The number of hydrogen-bond acceptors (Lipinski definition) is 4. The fourth-order valence-corrected chi connectivity index (χ4v) is 2.28. The topological polar surface area (TPSA) is 62.3 Å². The number of para-hydroxylation sites is 1. The molecule has 0 saturated carbocycles. The van der Waals surface area contributed by atoms with Crippen LogP contribution in [0.15, 0.2) is 30.3 Å². The fraction of sp³-hybridized carbons (Fsp3) is 0.214. The molecule has 0 aliphatic carbocycles. The van der Waals surface area contributed by atoms with Crippen LogP contribution in [-0.4, -0.2) is 36.8 Å². The van der Waals surface area contributed by atoms with Crippen molar-refractivity contribution in [3.05, 3.63) is 35.9 Å². The summed E-state index contributed by atoms with van der Waals surface area (Å²) in [5, 5.41) is 3.69. The molecule has 3 rings (SSSR count). The van der Waals surface area contributed by atoms with E-state index in [1.54, 1.807) is 0 Å². The minimum absolute atomic E-state index is 0.0435. The number of anilines is 1. The summed E-state index contributed by atoms with van der Waals surface area (Å²) in [6.07, 6.45) is 0.793. The van der Waals surface area contributed by atoms with E-state index in [9.17, 15) is 9.59 Å². The Morgan fingerprint density at radius 3 is 2.95 bits per heavy atom. The van der Waals surface area contributed by atoms with Gasteiger partial charge in [0.25, 0.3) is 0 Å². The van der Waals surface area contributed by atoms with Gasteiger partial charge < -0.3 is 10.2 Å². The van der Waals surface area contributed by atoms with Crippen molar-refractivity contribution >= 4 is 28.9 Å². The number of nitrogens with one attached hydrogen (secondary N) is 1. The molecule has 2 heterocycles. The molecule has 5 nitrogen and oxygen atoms in total. The monoisotopic (exact) mass is 255 g/mol. The summed E-state index contributed by atoms with van der Waals surface area (Å²) in [5.74, 6) is 0.543. The van der Waals surface area contributed by atoms with Gasteiger partial charge in [0.15, 0.2) is 6.29 Å². The van der Waals surface area contributed by atoms with Crippen molar-refractivity contribution < 1.29 is 9.59 Å². The number of aromatic nitrogens is 1. The summed E-state index contributed by atoms with van der Waals surface area (Å²) < 4.78 is 0. The first-order chi connectivity index (χ1) is 9.28. The van der Waals surface area contributed by atoms with Crippen molar-refractivity contribution in [3.8, 4) is 0 Å². The molecule has 1 aliphatic heterocycles. The highest BCUT2D eigenvalue weighted by atomic mass is 16.2. The minimum Gasteiger partial charge on any atom is -0.353 e. The molecule has 1 aromatic carbocycles. The molecule has 96 valence electrons. The predicted molar refractivity (Wildman–Crippen MR) is 72.4 cm³/mol. The predicted octanol–water partition coefficient (Wildman–Crippen LogP) is 0.983. The number of hydrogen-bond donors (Lipinski definition) is 1. The van der Waals surface area contributed by atoms with Crippen molar-refractivity contribution in [1.82, 2.24) is 10.3 Å². The zero-order chi connectivity index (χ0) is 13.2. The lowest BCUT2D eigenvalue weighted by atomic mass is 10.1. The molecular formula is C14H13N3O2. The molecule has 0 bridgehead atoms. The Kier molecular flexibility index (Phi) is 2.87. The Morgan fingerprint density at radius 2 is 2.16 bits per heavy atom. The maximum absolute atomic E-state index is 11.4. The van der Waals surface area contributed by atoms with Gasteiger partial charge in [-0.1, -0.05) is 18.2 Å². The number of piperazine rings is 1. The van der Waals surface area contributed by atoms with Gasteiger partial charge in [-0.2, -0.15) is 0 Å². The van der Waals surface area contributed by atoms with E-state index in [0.29, 0.717) is 24.5 Å². The third-order valence-electron chi connectivity index (χ3n) is 3.20. The van der Waals surface area contributed by atoms with Crippen molar-refractivity contribution in [3.63, 3.8) is 0 Å². The van der Waals surface area contributed by atoms with Crippen LogP contribution in [0.3, 0.4) is 0 Å². The van der Waals surface area contributed by atoms with Crippen LogP contribution in [0.25, 0.3) is 10.9 Å². The molecule has 1 saturated heterocycles. The van der Waals surface area contributed by atoms with Crippen molar-refractivity contribution in [1.29, 1.82) is 0 Å². The Labute approximate surface area is 110 Å². The first-order valence-corrected chi connectivity index (χ1v) is 6.14. The van der Waals surface area contributed by atoms with Crippen LogP contribution in [0.4, 0.5) is 5.82 Å². The summed E-state index contributed by atoms with van der Waals surface area (Å²) in [5.41, 5.74) is 1.35. The minimum atomic E-state index is -0.0435. The number of fused-ring (bicyclic) bond motifs is 1. The van der Waals surface area contributed by atoms with Crippen LogP contribution in [0.5, 0.6) is 0 Å². The third kappa shape index (κ3) is 2.14. The quantitative estimate of drug-likeness (QED) is 0.813. The van der Waals surface area contributed by atoms with Gasteiger partial charge in [-0.05, 0) is 12.1 Å². The zero-order valence-corrected chi connectivity index (χ0v) is 10.3. The second-order valence-electron chi connectivity index (χ2n) is 4.48. The SMILES string of the molecule is O=Cc1cc2ccccc2nc1N1CCNC(=O)C1. The van der Waals surface area contributed by atoms with E-state index in [-0.39, 0.29) is 12.5 Å². The number of pyridine rings is 1. The molecule has 1 aromatic heterocycles. The van der Waals surface area contributed by atoms with Crippen molar-refractivity contribution in [2.24, 2.45) is 0 Å². The molecular weight excluding hydrogens is 242 g/mol. The lowest BCUT2D eigenvalue weighted by Crippen LogP contribution is -2.48. The molecule has 19 heavy (non-hydrogen) atoms. The molecule has 1 fully saturated rings. The van der Waals surface area contributed by atoms with Crippen molar-refractivity contribution in [2.45, 2.75) is 0 Å². The molecule has 1 aliphatic rings. The lowest BCUT2D eigenvalue weighted by molar-refractivity contribution is -0.120. The van der Waals surface area contributed by atoms with Gasteiger partial charge in [-0.15, -0.1) is 0 Å². The number of benzene rings is 1. The van der Waals surface area contributed by atoms with Gasteiger partial charge in [0, 0.05) is 18.5 Å². The lowest BCUT2D eigenvalue weighted by Gasteiger charge is -2.28. The number of nitrogens with zero attached hydrogens (tertiary/aromatic N) is 2. The fourth-order valence-electron chi connectivity index (χ4n) is 2.28. The first kappa shape index (κ1) is 11.6. The Hall–Kier alpha value is -2.43. The van der Waals surface area contributed by atoms with Crippen LogP contribution in [0.1, 0.15) is 10.4 Å². The second kappa shape index (κ2) is 4.68. The number of carbonyl (C=O) groups excluding carboxylic acids is 2. The Balaban J connectivity index is 2.10. The largest absolute Gasteiger partial charge is 0.353 e. The highest BCUT2D eigenvalue weighted by molar-refractivity contribution is 5.93. The molecule has 0 radical (unpaired) electrons. The van der Waals surface area contributed by atoms with E-state index in [2.05, 4.69) is 10.3 Å². The van der Waals surface area contributed by atoms with Crippen LogP contribution < -0.4 is 10.2 Å². The van der Waals surface area contributed by atoms with E-state index in [1.807, 2.05) is 35.2 Å². The van der Waals surface area contributed by atoms with Gasteiger partial charge in [-0.3, -0.25) is 9.59 Å². The molecule has 5 heteroatoms. The van der Waals surface area contributed by atoms with E-state index in [1.165, 1.54) is 0 Å². The van der Waals surface area contributed by atoms with Crippen LogP contribution in [0.2, 0.25) is 0 Å². The van der Waals surface area contributed by atoms with Crippen molar-refractivity contribution in [2.75, 3.05) is 24.5 Å². The van der Waals surface area contributed by atoms with E-state index >= 15 is 0 Å². The maximum atomic E-state index is 11.4. The molecule has 1 amide bonds. The summed E-state index contributed by atoms with van der Waals surface area (Å²) >= 11 is 0. The molecule has 0 atom stereocenters. The number of amides is 1. The number of carbonyl (C=O) groups is 2. The van der Waals surface area contributed by atoms with Gasteiger partial charge in [-0.25, -0.2) is 4.98 Å². The third-order valence-corrected chi connectivity index (χ3v) is 3.20. The van der Waals surface area contributed by atoms with Gasteiger partial charge >= 0.3 is 0 Å². The van der Waals surface area contributed by atoms with Gasteiger partial charge in [0.2, 0.25) is 5.91 Å². The summed E-state index contributed by atoms with van der Waals surface area (Å²) in [7, 11) is 0. The Bertz CT molecular complexity index is 654. The summed E-state index contributed by atoms with van der Waals surface area (Å²) in [6.45, 7) is 1.48. The standard InChI is InChI=1S/C14H13N3O2/c18-9-11-7-10-3-1-2-4-12(10)16-14(11)17-6-5-15-13(19)8-17/h1-4,7,9H,5-6,8H2,(H,15,19). The van der Waals surface area contributed by atoms with Gasteiger partial charge in [0.05, 0.1) is 17.6 Å². The normalized spacial score (nSPS) is 15.4. The first-order valence-electron chi connectivity index (χ1n) is 6.14. The number of aldehydes is 1. The van der Waals surface area contributed by atoms with Crippen LogP contribution in [0, 0.1) is 0 Å². The zero-order valence-electron chi connectivity index (χ0n) is 10.3. The van der Waals surface area contributed by atoms with E-state index < -0.39 is 0 Å². The molecule has 2 aromatic rings. The molecule has 1 N–H and O–H groups in total.